The van der Waals surface area contributed by atoms with Crippen molar-refractivity contribution in [2.24, 2.45) is 0 Å². The molecule has 0 aliphatic carbocycles. The van der Waals surface area contributed by atoms with Gasteiger partial charge in [-0.25, -0.2) is 4.79 Å². The third-order valence-corrected chi connectivity index (χ3v) is 4.52. The van der Waals surface area contributed by atoms with Gasteiger partial charge in [-0.1, -0.05) is 18.2 Å². The molecule has 0 spiro atoms. The normalized spacial score (nSPS) is 12.1. The number of methoxy groups -OCH3 is 1. The third kappa shape index (κ3) is 4.97. The molecule has 7 nitrogen and oxygen atoms in total. The molecule has 1 atom stereocenters. The maximum atomic E-state index is 12.4. The number of carbonyl (C=O) groups excluding carboxylic acids is 1. The van der Waals surface area contributed by atoms with Gasteiger partial charge in [-0.15, -0.1) is 10.2 Å². The summed E-state index contributed by atoms with van der Waals surface area (Å²) < 4.78 is 7.40. The Hall–Kier alpha value is -2.57. The van der Waals surface area contributed by atoms with Gasteiger partial charge in [0.1, 0.15) is 17.9 Å². The van der Waals surface area contributed by atoms with Gasteiger partial charge in [0, 0.05) is 32.1 Å². The number of aromatic nitrogens is 3. The molecule has 2 aromatic rings. The first-order valence-corrected chi connectivity index (χ1v) is 8.95. The Labute approximate surface area is 155 Å². The summed E-state index contributed by atoms with van der Waals surface area (Å²) in [5.41, 5.74) is 1.09. The molecule has 7 heteroatoms. The number of para-hydroxylation sites is 1. The van der Waals surface area contributed by atoms with E-state index in [1.54, 1.807) is 18.3 Å². The predicted molar refractivity (Wildman–Crippen MR) is 101 cm³/mol. The third-order valence-electron chi connectivity index (χ3n) is 4.52. The monoisotopic (exact) mass is 359 g/mol. The van der Waals surface area contributed by atoms with Gasteiger partial charge in [0.25, 0.3) is 0 Å². The summed E-state index contributed by atoms with van der Waals surface area (Å²) in [6, 6.07) is 8.15. The molecule has 0 radical (unpaired) electrons. The van der Waals surface area contributed by atoms with Crippen molar-refractivity contribution in [3.05, 3.63) is 42.0 Å². The Bertz CT molecular complexity index is 713. The minimum Gasteiger partial charge on any atom is -0.496 e. The Kier molecular flexibility index (Phi) is 7.00. The standard InChI is InChI=1S/C19H29N5O2/c1-14(2)24-13-21-22-18(24)10-11-20-19(25)23(4)15(3)12-16-8-6-7-9-17(16)26-5/h6-9,13-15H,10-12H2,1-5H3,(H,20,25)/t15-/m0/s1. The number of likely N-dealkylation sites (N-methyl/N-ethyl adjacent to an activating group) is 1. The number of benzene rings is 1. The summed E-state index contributed by atoms with van der Waals surface area (Å²) >= 11 is 0. The van der Waals surface area contributed by atoms with Gasteiger partial charge in [-0.2, -0.15) is 0 Å². The first kappa shape index (κ1) is 19.8. The number of amides is 2. The lowest BCUT2D eigenvalue weighted by Gasteiger charge is -2.26. The van der Waals surface area contributed by atoms with Crippen LogP contribution in [0, 0.1) is 0 Å². The predicted octanol–water partition coefficient (Wildman–Crippen LogP) is 2.68. The van der Waals surface area contributed by atoms with E-state index in [-0.39, 0.29) is 12.1 Å². The van der Waals surface area contributed by atoms with E-state index in [1.807, 2.05) is 42.8 Å². The number of ether oxygens (including phenoxy) is 1. The first-order valence-electron chi connectivity index (χ1n) is 8.95. The minimum atomic E-state index is -0.0944. The smallest absolute Gasteiger partial charge is 0.317 e. The number of hydrogen-bond donors (Lipinski definition) is 1. The van der Waals surface area contributed by atoms with Crippen LogP contribution in [0.1, 0.15) is 38.2 Å². The molecule has 1 N–H and O–H groups in total. The van der Waals surface area contributed by atoms with Crippen molar-refractivity contribution < 1.29 is 9.53 Å². The van der Waals surface area contributed by atoms with Gasteiger partial charge in [-0.05, 0) is 38.8 Å². The van der Waals surface area contributed by atoms with Crippen LogP contribution >= 0.6 is 0 Å². The van der Waals surface area contributed by atoms with Crippen molar-refractivity contribution in [3.8, 4) is 5.75 Å². The molecule has 2 rings (SSSR count). The van der Waals surface area contributed by atoms with E-state index in [2.05, 4.69) is 29.4 Å². The van der Waals surface area contributed by atoms with E-state index in [1.165, 1.54) is 0 Å². The summed E-state index contributed by atoms with van der Waals surface area (Å²) in [5, 5.41) is 11.0. The SMILES string of the molecule is COc1ccccc1C[C@H](C)N(C)C(=O)NCCc1nncn1C(C)C. The lowest BCUT2D eigenvalue weighted by Crippen LogP contribution is -2.44. The van der Waals surface area contributed by atoms with Gasteiger partial charge in [0.05, 0.1) is 7.11 Å². The second-order valence-corrected chi connectivity index (χ2v) is 6.71. The Balaban J connectivity index is 1.85. The highest BCUT2D eigenvalue weighted by Crippen LogP contribution is 2.20. The fourth-order valence-corrected chi connectivity index (χ4v) is 2.81. The van der Waals surface area contributed by atoms with Crippen LogP contribution < -0.4 is 10.1 Å². The van der Waals surface area contributed by atoms with Crippen LogP contribution in [0.3, 0.4) is 0 Å². The van der Waals surface area contributed by atoms with Crippen molar-refractivity contribution in [3.63, 3.8) is 0 Å². The van der Waals surface area contributed by atoms with Crippen molar-refractivity contribution in [1.29, 1.82) is 0 Å². The molecular formula is C19H29N5O2. The van der Waals surface area contributed by atoms with Crippen LogP contribution in [-0.4, -0.2) is 52.4 Å². The molecule has 0 aliphatic heterocycles. The summed E-state index contributed by atoms with van der Waals surface area (Å²) in [5.74, 6) is 1.73. The van der Waals surface area contributed by atoms with Crippen LogP contribution in [0.4, 0.5) is 4.79 Å². The molecule has 0 aliphatic rings. The lowest BCUT2D eigenvalue weighted by molar-refractivity contribution is 0.193. The van der Waals surface area contributed by atoms with Crippen LogP contribution in [0.15, 0.2) is 30.6 Å². The average molecular weight is 359 g/mol. The zero-order valence-corrected chi connectivity index (χ0v) is 16.3. The van der Waals surface area contributed by atoms with Crippen molar-refractivity contribution in [2.45, 2.75) is 45.7 Å². The Morgan fingerprint density at radius 3 is 2.73 bits per heavy atom. The van der Waals surface area contributed by atoms with E-state index >= 15 is 0 Å². The topological polar surface area (TPSA) is 72.3 Å². The molecule has 26 heavy (non-hydrogen) atoms. The van der Waals surface area contributed by atoms with Crippen molar-refractivity contribution in [2.75, 3.05) is 20.7 Å². The maximum absolute atomic E-state index is 12.4. The van der Waals surface area contributed by atoms with Gasteiger partial charge < -0.3 is 19.5 Å². The summed E-state index contributed by atoms with van der Waals surface area (Å²) in [7, 11) is 3.47. The number of hydrogen-bond acceptors (Lipinski definition) is 4. The Morgan fingerprint density at radius 1 is 1.31 bits per heavy atom. The van der Waals surface area contributed by atoms with E-state index in [0.29, 0.717) is 19.0 Å². The molecule has 2 amide bonds. The number of rotatable bonds is 8. The van der Waals surface area contributed by atoms with Crippen LogP contribution in [-0.2, 0) is 12.8 Å². The van der Waals surface area contributed by atoms with E-state index in [4.69, 9.17) is 4.74 Å². The summed E-state index contributed by atoms with van der Waals surface area (Å²) in [6.45, 7) is 6.72. The average Bonchev–Trinajstić information content (AvgIpc) is 3.10. The molecule has 0 unspecified atom stereocenters. The molecule has 0 saturated heterocycles. The minimum absolute atomic E-state index is 0.0469. The zero-order chi connectivity index (χ0) is 19.1. The number of carbonyl (C=O) groups is 1. The van der Waals surface area contributed by atoms with E-state index in [9.17, 15) is 4.79 Å². The Morgan fingerprint density at radius 2 is 2.04 bits per heavy atom. The molecule has 1 aromatic heterocycles. The molecular weight excluding hydrogens is 330 g/mol. The maximum Gasteiger partial charge on any atom is 0.317 e. The molecule has 1 aromatic carbocycles. The summed E-state index contributed by atoms with van der Waals surface area (Å²) in [4.78, 5) is 14.1. The molecule has 142 valence electrons. The molecule has 0 fully saturated rings. The molecule has 0 bridgehead atoms. The van der Waals surface area contributed by atoms with Crippen LogP contribution in [0.25, 0.3) is 0 Å². The zero-order valence-electron chi connectivity index (χ0n) is 16.3. The highest BCUT2D eigenvalue weighted by atomic mass is 16.5. The van der Waals surface area contributed by atoms with Crippen LogP contribution in [0.5, 0.6) is 5.75 Å². The van der Waals surface area contributed by atoms with E-state index in [0.717, 1.165) is 23.6 Å². The quantitative estimate of drug-likeness (QED) is 0.786. The lowest BCUT2D eigenvalue weighted by atomic mass is 10.1. The van der Waals surface area contributed by atoms with Crippen molar-refractivity contribution >= 4 is 6.03 Å². The molecule has 1 heterocycles. The highest BCUT2D eigenvalue weighted by molar-refractivity contribution is 5.74. The second-order valence-electron chi connectivity index (χ2n) is 6.71. The highest BCUT2D eigenvalue weighted by Gasteiger charge is 2.17. The largest absolute Gasteiger partial charge is 0.496 e. The van der Waals surface area contributed by atoms with E-state index < -0.39 is 0 Å². The number of nitrogens with zero attached hydrogens (tertiary/aromatic N) is 4. The van der Waals surface area contributed by atoms with Crippen molar-refractivity contribution in [1.82, 2.24) is 25.0 Å². The van der Waals surface area contributed by atoms with Crippen LogP contribution in [0.2, 0.25) is 0 Å². The van der Waals surface area contributed by atoms with Gasteiger partial charge in [0.15, 0.2) is 0 Å². The van der Waals surface area contributed by atoms with Gasteiger partial charge in [0.2, 0.25) is 0 Å². The fourth-order valence-electron chi connectivity index (χ4n) is 2.81. The molecule has 0 saturated carbocycles. The number of nitrogens with one attached hydrogen (secondary N) is 1. The van der Waals surface area contributed by atoms with Gasteiger partial charge >= 0.3 is 6.03 Å². The first-order chi connectivity index (χ1) is 12.4. The number of urea groups is 1. The summed E-state index contributed by atoms with van der Waals surface area (Å²) in [6.07, 6.45) is 3.11. The van der Waals surface area contributed by atoms with Gasteiger partial charge in [-0.3, -0.25) is 0 Å². The fraction of sp³-hybridized carbons (Fsp3) is 0.526. The second kappa shape index (κ2) is 9.22.